The Bertz CT molecular complexity index is 587. The van der Waals surface area contributed by atoms with E-state index in [1.165, 1.54) is 0 Å². The van der Waals surface area contributed by atoms with Gasteiger partial charge in [-0.15, -0.1) is 0 Å². The molecule has 0 bridgehead atoms. The lowest BCUT2D eigenvalue weighted by Crippen LogP contribution is -2.27. The number of nitrogens with one attached hydrogen (secondary N) is 1. The molecule has 1 N–H and O–H groups in total. The molecule has 1 amide bonds. The van der Waals surface area contributed by atoms with Gasteiger partial charge in [-0.2, -0.15) is 0 Å². The van der Waals surface area contributed by atoms with E-state index in [9.17, 15) is 4.79 Å². The average molecular weight is 247 g/mol. The summed E-state index contributed by atoms with van der Waals surface area (Å²) in [6, 6.07) is 1.77. The molecular formula is C13H17N3O2. The summed E-state index contributed by atoms with van der Waals surface area (Å²) in [6.07, 6.45) is 0. The number of aryl methyl sites for hydroxylation is 2. The van der Waals surface area contributed by atoms with E-state index in [-0.39, 0.29) is 5.91 Å². The first kappa shape index (κ1) is 12.5. The van der Waals surface area contributed by atoms with Gasteiger partial charge in [-0.1, -0.05) is 19.0 Å². The lowest BCUT2D eigenvalue weighted by atomic mass is 10.1. The Labute approximate surface area is 106 Å². The largest absolute Gasteiger partial charge is 0.352 e. The van der Waals surface area contributed by atoms with Crippen molar-refractivity contribution in [1.29, 1.82) is 0 Å². The molecule has 0 spiro atoms. The predicted molar refractivity (Wildman–Crippen MR) is 68.4 cm³/mol. The van der Waals surface area contributed by atoms with Crippen LogP contribution in [0.5, 0.6) is 0 Å². The maximum absolute atomic E-state index is 12.2. The van der Waals surface area contributed by atoms with E-state index in [2.05, 4.69) is 29.3 Å². The second kappa shape index (κ2) is 4.76. The molecule has 0 saturated heterocycles. The summed E-state index contributed by atoms with van der Waals surface area (Å²) in [4.78, 5) is 16.4. The standard InChI is InChI=1S/C13H17N3O2/c1-7(2)6-14-12(17)10-5-8(3)15-13-11(10)9(4)16-18-13/h5,7H,6H2,1-4H3,(H,14,17). The van der Waals surface area contributed by atoms with Gasteiger partial charge in [0, 0.05) is 12.2 Å². The fourth-order valence-corrected chi connectivity index (χ4v) is 1.79. The normalized spacial score (nSPS) is 11.2. The number of fused-ring (bicyclic) bond motifs is 1. The summed E-state index contributed by atoms with van der Waals surface area (Å²) < 4.78 is 5.10. The zero-order chi connectivity index (χ0) is 13.3. The number of nitrogens with zero attached hydrogens (tertiary/aromatic N) is 2. The number of amides is 1. The first-order chi connectivity index (χ1) is 8.49. The van der Waals surface area contributed by atoms with E-state index >= 15 is 0 Å². The Kier molecular flexibility index (Phi) is 3.32. The van der Waals surface area contributed by atoms with Gasteiger partial charge in [0.25, 0.3) is 11.6 Å². The van der Waals surface area contributed by atoms with Crippen LogP contribution in [0.3, 0.4) is 0 Å². The smallest absolute Gasteiger partial charge is 0.258 e. The number of rotatable bonds is 3. The highest BCUT2D eigenvalue weighted by Gasteiger charge is 2.17. The Morgan fingerprint density at radius 2 is 2.17 bits per heavy atom. The lowest BCUT2D eigenvalue weighted by Gasteiger charge is -2.08. The number of pyridine rings is 1. The van der Waals surface area contributed by atoms with Crippen LogP contribution in [0, 0.1) is 19.8 Å². The van der Waals surface area contributed by atoms with Crippen molar-refractivity contribution in [2.75, 3.05) is 6.54 Å². The number of aromatic nitrogens is 2. The second-order valence-corrected chi connectivity index (χ2v) is 4.86. The highest BCUT2D eigenvalue weighted by molar-refractivity contribution is 6.06. The minimum atomic E-state index is -0.106. The molecule has 0 saturated carbocycles. The molecule has 0 radical (unpaired) electrons. The third-order valence-corrected chi connectivity index (χ3v) is 2.66. The Balaban J connectivity index is 2.42. The van der Waals surface area contributed by atoms with Gasteiger partial charge in [0.2, 0.25) is 0 Å². The molecule has 96 valence electrons. The van der Waals surface area contributed by atoms with Crippen molar-refractivity contribution in [2.45, 2.75) is 27.7 Å². The maximum atomic E-state index is 12.2. The predicted octanol–water partition coefficient (Wildman–Crippen LogP) is 2.23. The van der Waals surface area contributed by atoms with Crippen molar-refractivity contribution in [3.05, 3.63) is 23.0 Å². The highest BCUT2D eigenvalue weighted by Crippen LogP contribution is 2.21. The summed E-state index contributed by atoms with van der Waals surface area (Å²) in [5, 5.41) is 7.45. The van der Waals surface area contributed by atoms with Crippen molar-refractivity contribution in [2.24, 2.45) is 5.92 Å². The third kappa shape index (κ3) is 2.34. The average Bonchev–Trinajstić information content (AvgIpc) is 2.66. The molecule has 18 heavy (non-hydrogen) atoms. The minimum absolute atomic E-state index is 0.106. The Hall–Kier alpha value is -1.91. The molecule has 0 aromatic carbocycles. The van der Waals surface area contributed by atoms with Gasteiger partial charge >= 0.3 is 0 Å². The second-order valence-electron chi connectivity index (χ2n) is 4.86. The summed E-state index contributed by atoms with van der Waals surface area (Å²) in [6.45, 7) is 8.39. The summed E-state index contributed by atoms with van der Waals surface area (Å²) in [5.41, 5.74) is 2.43. The number of hydrogen-bond acceptors (Lipinski definition) is 4. The van der Waals surface area contributed by atoms with Crippen molar-refractivity contribution in [3.63, 3.8) is 0 Å². The molecule has 0 aliphatic rings. The number of hydrogen-bond donors (Lipinski definition) is 1. The minimum Gasteiger partial charge on any atom is -0.352 e. The molecule has 2 aromatic rings. The lowest BCUT2D eigenvalue weighted by molar-refractivity contribution is 0.0950. The van der Waals surface area contributed by atoms with Crippen molar-refractivity contribution in [3.8, 4) is 0 Å². The molecule has 0 unspecified atom stereocenters. The van der Waals surface area contributed by atoms with E-state index < -0.39 is 0 Å². The van der Waals surface area contributed by atoms with Crippen LogP contribution in [0.25, 0.3) is 11.1 Å². The fourth-order valence-electron chi connectivity index (χ4n) is 1.79. The van der Waals surface area contributed by atoms with Crippen LogP contribution < -0.4 is 5.32 Å². The highest BCUT2D eigenvalue weighted by atomic mass is 16.5. The molecule has 0 atom stereocenters. The SMILES string of the molecule is Cc1cc(C(=O)NCC(C)C)c2c(C)noc2n1. The summed E-state index contributed by atoms with van der Waals surface area (Å²) in [5.74, 6) is 0.307. The molecule has 2 heterocycles. The molecule has 5 heteroatoms. The van der Waals surface area contributed by atoms with E-state index in [4.69, 9.17) is 4.52 Å². The van der Waals surface area contributed by atoms with Crippen LogP contribution in [-0.4, -0.2) is 22.6 Å². The molecule has 0 aliphatic carbocycles. The van der Waals surface area contributed by atoms with Crippen LogP contribution in [0.4, 0.5) is 0 Å². The Morgan fingerprint density at radius 3 is 2.83 bits per heavy atom. The quantitative estimate of drug-likeness (QED) is 0.903. The zero-order valence-electron chi connectivity index (χ0n) is 11.1. The van der Waals surface area contributed by atoms with Crippen molar-refractivity contribution in [1.82, 2.24) is 15.5 Å². The van der Waals surface area contributed by atoms with E-state index in [0.717, 1.165) is 5.69 Å². The van der Waals surface area contributed by atoms with Crippen molar-refractivity contribution < 1.29 is 9.32 Å². The molecule has 0 fully saturated rings. The van der Waals surface area contributed by atoms with Gasteiger partial charge in [-0.3, -0.25) is 4.79 Å². The van der Waals surface area contributed by atoms with E-state index in [0.29, 0.717) is 34.8 Å². The van der Waals surface area contributed by atoms with Gasteiger partial charge < -0.3 is 9.84 Å². The number of carbonyl (C=O) groups is 1. The topological polar surface area (TPSA) is 68.0 Å². The molecule has 0 aliphatic heterocycles. The first-order valence-electron chi connectivity index (χ1n) is 6.01. The van der Waals surface area contributed by atoms with E-state index in [1.807, 2.05) is 13.8 Å². The van der Waals surface area contributed by atoms with Gasteiger partial charge in [-0.25, -0.2) is 4.98 Å². The van der Waals surface area contributed by atoms with Crippen LogP contribution in [-0.2, 0) is 0 Å². The van der Waals surface area contributed by atoms with Gasteiger partial charge in [0.05, 0.1) is 16.6 Å². The number of carbonyl (C=O) groups excluding carboxylic acids is 1. The summed E-state index contributed by atoms with van der Waals surface area (Å²) >= 11 is 0. The fraction of sp³-hybridized carbons (Fsp3) is 0.462. The molecule has 2 aromatic heterocycles. The van der Waals surface area contributed by atoms with Gasteiger partial charge in [0.15, 0.2) is 0 Å². The van der Waals surface area contributed by atoms with Crippen LogP contribution in [0.1, 0.15) is 35.6 Å². The first-order valence-corrected chi connectivity index (χ1v) is 6.01. The van der Waals surface area contributed by atoms with Crippen LogP contribution in [0.2, 0.25) is 0 Å². The monoisotopic (exact) mass is 247 g/mol. The van der Waals surface area contributed by atoms with Crippen LogP contribution >= 0.6 is 0 Å². The van der Waals surface area contributed by atoms with E-state index in [1.54, 1.807) is 6.07 Å². The molecule has 2 rings (SSSR count). The third-order valence-electron chi connectivity index (χ3n) is 2.66. The van der Waals surface area contributed by atoms with Gasteiger partial charge in [0.1, 0.15) is 0 Å². The maximum Gasteiger partial charge on any atom is 0.258 e. The van der Waals surface area contributed by atoms with Gasteiger partial charge in [-0.05, 0) is 25.8 Å². The van der Waals surface area contributed by atoms with Crippen molar-refractivity contribution >= 4 is 17.0 Å². The molecular weight excluding hydrogens is 230 g/mol. The zero-order valence-corrected chi connectivity index (χ0v) is 11.1. The Morgan fingerprint density at radius 1 is 1.44 bits per heavy atom. The molecule has 5 nitrogen and oxygen atoms in total. The summed E-state index contributed by atoms with van der Waals surface area (Å²) in [7, 11) is 0. The van der Waals surface area contributed by atoms with Crippen LogP contribution in [0.15, 0.2) is 10.6 Å².